The number of rotatable bonds is 2. The smallest absolute Gasteiger partial charge is 0.196 e. The van der Waals surface area contributed by atoms with Crippen LogP contribution >= 0.6 is 0 Å². The van der Waals surface area contributed by atoms with E-state index in [4.69, 9.17) is 10.2 Å². The Morgan fingerprint density at radius 2 is 2.00 bits per heavy atom. The average molecular weight is 119 g/mol. The molecule has 0 saturated heterocycles. The van der Waals surface area contributed by atoms with E-state index in [1.54, 1.807) is 0 Å². The molecule has 0 bridgehead atoms. The van der Waals surface area contributed by atoms with E-state index >= 15 is 0 Å². The Hall–Kier alpha value is -0.120. The van der Waals surface area contributed by atoms with Crippen molar-refractivity contribution in [2.24, 2.45) is 5.41 Å². The summed E-state index contributed by atoms with van der Waals surface area (Å²) < 4.78 is 0. The lowest BCUT2D eigenvalue weighted by Crippen LogP contribution is -2.31. The van der Waals surface area contributed by atoms with Crippen LogP contribution in [0, 0.1) is 5.41 Å². The van der Waals surface area contributed by atoms with Crippen molar-refractivity contribution in [2.75, 3.05) is 6.61 Å². The van der Waals surface area contributed by atoms with Crippen molar-refractivity contribution in [3.63, 3.8) is 0 Å². The van der Waals surface area contributed by atoms with E-state index in [-0.39, 0.29) is 6.61 Å². The van der Waals surface area contributed by atoms with Crippen LogP contribution in [0.4, 0.5) is 0 Å². The van der Waals surface area contributed by atoms with Crippen molar-refractivity contribution >= 4 is 0 Å². The molecular formula is C5H11O3. The van der Waals surface area contributed by atoms with Crippen LogP contribution < -0.4 is 0 Å². The maximum atomic E-state index is 10.2. The Kier molecular flexibility index (Phi) is 2.40. The molecule has 0 aromatic carbocycles. The predicted molar refractivity (Wildman–Crippen MR) is 27.6 cm³/mol. The highest BCUT2D eigenvalue weighted by atomic mass is 16.5. The Morgan fingerprint density at radius 3 is 2.00 bits per heavy atom. The molecule has 0 amide bonds. The van der Waals surface area contributed by atoms with Crippen molar-refractivity contribution in [2.45, 2.75) is 20.1 Å². The molecule has 3 heteroatoms. The Morgan fingerprint density at radius 1 is 1.62 bits per heavy atom. The van der Waals surface area contributed by atoms with Gasteiger partial charge in [0.2, 0.25) is 0 Å². The topological polar surface area (TPSA) is 60.4 Å². The zero-order chi connectivity index (χ0) is 6.78. The summed E-state index contributed by atoms with van der Waals surface area (Å²) in [5.74, 6) is 0. The van der Waals surface area contributed by atoms with Crippen LogP contribution in [0.3, 0.4) is 0 Å². The standard InChI is InChI=1S/C5H11O3/c1-5(2,3-6)4(7)8/h4,6-7H,3H2,1-2H3. The third kappa shape index (κ3) is 1.78. The lowest BCUT2D eigenvalue weighted by Gasteiger charge is -2.21. The molecule has 0 aliphatic carbocycles. The molecule has 0 aromatic rings. The van der Waals surface area contributed by atoms with Gasteiger partial charge in [0, 0.05) is 5.41 Å². The molecule has 8 heavy (non-hydrogen) atoms. The minimum absolute atomic E-state index is 0.280. The van der Waals surface area contributed by atoms with Gasteiger partial charge in [0.15, 0.2) is 6.29 Å². The van der Waals surface area contributed by atoms with E-state index in [0.29, 0.717) is 0 Å². The van der Waals surface area contributed by atoms with Gasteiger partial charge >= 0.3 is 0 Å². The van der Waals surface area contributed by atoms with Crippen molar-refractivity contribution in [1.82, 2.24) is 0 Å². The zero-order valence-corrected chi connectivity index (χ0v) is 5.09. The molecule has 0 spiro atoms. The summed E-state index contributed by atoms with van der Waals surface area (Å²) >= 11 is 0. The first kappa shape index (κ1) is 7.88. The largest absolute Gasteiger partial charge is 0.396 e. The van der Waals surface area contributed by atoms with Crippen molar-refractivity contribution in [3.05, 3.63) is 0 Å². The van der Waals surface area contributed by atoms with E-state index in [1.807, 2.05) is 0 Å². The second-order valence-electron chi connectivity index (χ2n) is 2.50. The van der Waals surface area contributed by atoms with Gasteiger partial charge < -0.3 is 10.2 Å². The number of hydrogen-bond acceptors (Lipinski definition) is 2. The number of aliphatic hydroxyl groups is 2. The molecule has 2 N–H and O–H groups in total. The zero-order valence-electron chi connectivity index (χ0n) is 5.09. The molecule has 0 aliphatic heterocycles. The van der Waals surface area contributed by atoms with Crippen molar-refractivity contribution < 1.29 is 15.3 Å². The molecule has 49 valence electrons. The first-order chi connectivity index (χ1) is 3.50. The molecular weight excluding hydrogens is 108 g/mol. The summed E-state index contributed by atoms with van der Waals surface area (Å²) in [4.78, 5) is 0. The highest BCUT2D eigenvalue weighted by molar-refractivity contribution is 4.67. The summed E-state index contributed by atoms with van der Waals surface area (Å²) in [6.07, 6.45) is -1.69. The van der Waals surface area contributed by atoms with Crippen LogP contribution in [0.15, 0.2) is 0 Å². The molecule has 1 atom stereocenters. The van der Waals surface area contributed by atoms with Gasteiger partial charge in [0.1, 0.15) is 0 Å². The number of aliphatic hydroxyl groups excluding tert-OH is 2. The molecule has 0 fully saturated rings. The normalized spacial score (nSPS) is 12.8. The van der Waals surface area contributed by atoms with Gasteiger partial charge in [-0.1, -0.05) is 13.8 Å². The Balaban J connectivity index is 3.71. The fraction of sp³-hybridized carbons (Fsp3) is 1.00. The van der Waals surface area contributed by atoms with E-state index < -0.39 is 11.7 Å². The third-order valence-corrected chi connectivity index (χ3v) is 1.08. The lowest BCUT2D eigenvalue weighted by atomic mass is 9.94. The van der Waals surface area contributed by atoms with Crippen LogP contribution in [0.5, 0.6) is 0 Å². The van der Waals surface area contributed by atoms with Gasteiger partial charge in [-0.05, 0) is 0 Å². The summed E-state index contributed by atoms with van der Waals surface area (Å²) in [7, 11) is 0. The second-order valence-corrected chi connectivity index (χ2v) is 2.50. The van der Waals surface area contributed by atoms with Crippen LogP contribution in [0.25, 0.3) is 0 Å². The van der Waals surface area contributed by atoms with E-state index in [0.717, 1.165) is 0 Å². The summed E-state index contributed by atoms with van der Waals surface area (Å²) in [6.45, 7) is 2.73. The molecule has 0 heterocycles. The second kappa shape index (κ2) is 2.44. The SMILES string of the molecule is CC(C)(CO)C([O])O. The quantitative estimate of drug-likeness (QED) is 0.492. The molecule has 0 aromatic heterocycles. The maximum Gasteiger partial charge on any atom is 0.196 e. The summed E-state index contributed by atoms with van der Waals surface area (Å²) in [5.41, 5.74) is -0.903. The highest BCUT2D eigenvalue weighted by Gasteiger charge is 2.25. The summed E-state index contributed by atoms with van der Waals surface area (Å²) in [6, 6.07) is 0. The lowest BCUT2D eigenvalue weighted by molar-refractivity contribution is -0.174. The first-order valence-corrected chi connectivity index (χ1v) is 2.45. The van der Waals surface area contributed by atoms with E-state index in [2.05, 4.69) is 0 Å². The minimum Gasteiger partial charge on any atom is -0.396 e. The van der Waals surface area contributed by atoms with Gasteiger partial charge in [-0.25, -0.2) is 5.11 Å². The van der Waals surface area contributed by atoms with Crippen LogP contribution in [-0.2, 0) is 5.11 Å². The molecule has 1 radical (unpaired) electrons. The third-order valence-electron chi connectivity index (χ3n) is 1.08. The molecule has 3 nitrogen and oxygen atoms in total. The van der Waals surface area contributed by atoms with Crippen LogP contribution in [0.2, 0.25) is 0 Å². The minimum atomic E-state index is -1.69. The first-order valence-electron chi connectivity index (χ1n) is 2.45. The average Bonchev–Trinajstić information content (AvgIpc) is 1.67. The molecule has 0 saturated carbocycles. The van der Waals surface area contributed by atoms with Crippen LogP contribution in [-0.4, -0.2) is 23.1 Å². The van der Waals surface area contributed by atoms with Gasteiger partial charge in [-0.3, -0.25) is 0 Å². The summed E-state index contributed by atoms with van der Waals surface area (Å²) in [5, 5.41) is 26.9. The number of hydrogen-bond donors (Lipinski definition) is 2. The predicted octanol–water partition coefficient (Wildman–Crippen LogP) is -0.246. The van der Waals surface area contributed by atoms with Crippen molar-refractivity contribution in [3.8, 4) is 0 Å². The fourth-order valence-corrected chi connectivity index (χ4v) is 0.0781. The fourth-order valence-electron chi connectivity index (χ4n) is 0.0781. The maximum absolute atomic E-state index is 10.2. The Labute approximate surface area is 48.6 Å². The van der Waals surface area contributed by atoms with Gasteiger partial charge in [-0.2, -0.15) is 0 Å². The monoisotopic (exact) mass is 119 g/mol. The van der Waals surface area contributed by atoms with Gasteiger partial charge in [0.25, 0.3) is 0 Å². The van der Waals surface area contributed by atoms with Crippen LogP contribution in [0.1, 0.15) is 13.8 Å². The van der Waals surface area contributed by atoms with Gasteiger partial charge in [-0.15, -0.1) is 0 Å². The molecule has 0 aliphatic rings. The van der Waals surface area contributed by atoms with Crippen molar-refractivity contribution in [1.29, 1.82) is 0 Å². The Bertz CT molecular complexity index is 68.1. The van der Waals surface area contributed by atoms with E-state index in [1.165, 1.54) is 13.8 Å². The molecule has 0 rings (SSSR count). The van der Waals surface area contributed by atoms with E-state index in [9.17, 15) is 5.11 Å². The highest BCUT2D eigenvalue weighted by Crippen LogP contribution is 2.16. The molecule has 1 unspecified atom stereocenters. The van der Waals surface area contributed by atoms with Gasteiger partial charge in [0.05, 0.1) is 6.61 Å².